The molecule has 1 aliphatic rings. The molecule has 28 heavy (non-hydrogen) atoms. The minimum Gasteiger partial charge on any atom is -0.497 e. The van der Waals surface area contributed by atoms with E-state index in [1.807, 2.05) is 0 Å². The van der Waals surface area contributed by atoms with Gasteiger partial charge in [-0.3, -0.25) is 0 Å². The van der Waals surface area contributed by atoms with Crippen LogP contribution in [0.3, 0.4) is 0 Å². The van der Waals surface area contributed by atoms with Gasteiger partial charge in [0.15, 0.2) is 0 Å². The molecule has 0 aliphatic heterocycles. The van der Waals surface area contributed by atoms with Gasteiger partial charge in [-0.15, -0.1) is 0 Å². The lowest BCUT2D eigenvalue weighted by Crippen LogP contribution is -2.38. The number of carbonyl (C=O) groups excluding carboxylic acids is 1. The predicted octanol–water partition coefficient (Wildman–Crippen LogP) is 3.87. The summed E-state index contributed by atoms with van der Waals surface area (Å²) in [6.07, 6.45) is 4.97. The zero-order valence-electron chi connectivity index (χ0n) is 16.1. The highest BCUT2D eigenvalue weighted by atomic mass is 32.2. The SMILES string of the molecule is COc1ccc(OC(=O)c2cccc(S(=O)(=O)N(C)C3CCCCC3)c2)cc1. The second-order valence-corrected chi connectivity index (χ2v) is 8.90. The van der Waals surface area contributed by atoms with Gasteiger partial charge in [-0.05, 0) is 55.3 Å². The molecule has 2 aromatic carbocycles. The molecule has 0 aromatic heterocycles. The first kappa shape index (κ1) is 20.4. The molecule has 0 amide bonds. The van der Waals surface area contributed by atoms with E-state index in [4.69, 9.17) is 9.47 Å². The van der Waals surface area contributed by atoms with Crippen LogP contribution in [-0.4, -0.2) is 38.9 Å². The number of rotatable bonds is 6. The fourth-order valence-electron chi connectivity index (χ4n) is 3.40. The summed E-state index contributed by atoms with van der Waals surface area (Å²) in [6.45, 7) is 0. The summed E-state index contributed by atoms with van der Waals surface area (Å²) in [5.41, 5.74) is 0.189. The molecule has 150 valence electrons. The Balaban J connectivity index is 1.77. The third-order valence-electron chi connectivity index (χ3n) is 5.11. The summed E-state index contributed by atoms with van der Waals surface area (Å²) in [5, 5.41) is 0. The van der Waals surface area contributed by atoms with Gasteiger partial charge in [0.2, 0.25) is 10.0 Å². The van der Waals surface area contributed by atoms with Gasteiger partial charge in [-0.1, -0.05) is 25.3 Å². The highest BCUT2D eigenvalue weighted by Crippen LogP contribution is 2.27. The molecule has 1 saturated carbocycles. The molecule has 0 heterocycles. The van der Waals surface area contributed by atoms with Crippen molar-refractivity contribution in [1.29, 1.82) is 0 Å². The van der Waals surface area contributed by atoms with Crippen LogP contribution < -0.4 is 9.47 Å². The van der Waals surface area contributed by atoms with Crippen molar-refractivity contribution in [3.05, 3.63) is 54.1 Å². The minimum absolute atomic E-state index is 0.00802. The van der Waals surface area contributed by atoms with Crippen LogP contribution in [0.25, 0.3) is 0 Å². The van der Waals surface area contributed by atoms with E-state index in [2.05, 4.69) is 0 Å². The predicted molar refractivity (Wildman–Crippen MR) is 106 cm³/mol. The molecule has 0 atom stereocenters. The van der Waals surface area contributed by atoms with E-state index in [1.165, 1.54) is 16.4 Å². The van der Waals surface area contributed by atoms with Crippen LogP contribution in [0.5, 0.6) is 11.5 Å². The highest BCUT2D eigenvalue weighted by molar-refractivity contribution is 7.89. The average Bonchev–Trinajstić information content (AvgIpc) is 2.74. The van der Waals surface area contributed by atoms with E-state index < -0.39 is 16.0 Å². The summed E-state index contributed by atoms with van der Waals surface area (Å²) in [5.74, 6) is 0.402. The van der Waals surface area contributed by atoms with Gasteiger partial charge in [-0.25, -0.2) is 13.2 Å². The molecule has 0 radical (unpaired) electrons. The van der Waals surface area contributed by atoms with Crippen molar-refractivity contribution in [2.75, 3.05) is 14.2 Å². The van der Waals surface area contributed by atoms with E-state index in [-0.39, 0.29) is 16.5 Å². The van der Waals surface area contributed by atoms with E-state index >= 15 is 0 Å². The summed E-state index contributed by atoms with van der Waals surface area (Å²) in [4.78, 5) is 12.6. The second kappa shape index (κ2) is 8.75. The molecule has 0 spiro atoms. The van der Waals surface area contributed by atoms with Crippen molar-refractivity contribution >= 4 is 16.0 Å². The maximum atomic E-state index is 13.0. The normalized spacial score (nSPS) is 15.4. The van der Waals surface area contributed by atoms with Crippen LogP contribution in [0.15, 0.2) is 53.4 Å². The Bertz CT molecular complexity index is 918. The summed E-state index contributed by atoms with van der Waals surface area (Å²) >= 11 is 0. The number of nitrogens with zero attached hydrogens (tertiary/aromatic N) is 1. The lowest BCUT2D eigenvalue weighted by Gasteiger charge is -2.30. The van der Waals surface area contributed by atoms with Crippen molar-refractivity contribution in [3.8, 4) is 11.5 Å². The number of benzene rings is 2. The Hall–Kier alpha value is -2.38. The number of ether oxygens (including phenoxy) is 2. The van der Waals surface area contributed by atoms with E-state index in [0.29, 0.717) is 11.5 Å². The van der Waals surface area contributed by atoms with Crippen molar-refractivity contribution in [2.24, 2.45) is 0 Å². The molecule has 0 bridgehead atoms. The maximum Gasteiger partial charge on any atom is 0.343 e. The summed E-state index contributed by atoms with van der Waals surface area (Å²) in [7, 11) is -0.496. The second-order valence-electron chi connectivity index (χ2n) is 6.91. The van der Waals surface area contributed by atoms with Gasteiger partial charge in [0, 0.05) is 13.1 Å². The lowest BCUT2D eigenvalue weighted by atomic mass is 9.96. The molecule has 1 fully saturated rings. The molecular weight excluding hydrogens is 378 g/mol. The van der Waals surface area contributed by atoms with Crippen LogP contribution >= 0.6 is 0 Å². The maximum absolute atomic E-state index is 13.0. The Labute approximate surface area is 166 Å². The molecule has 6 nitrogen and oxygen atoms in total. The van der Waals surface area contributed by atoms with Gasteiger partial charge >= 0.3 is 5.97 Å². The Kier molecular flexibility index (Phi) is 6.36. The van der Waals surface area contributed by atoms with Crippen molar-refractivity contribution in [3.63, 3.8) is 0 Å². The molecular formula is C21H25NO5S. The van der Waals surface area contributed by atoms with Crippen molar-refractivity contribution in [2.45, 2.75) is 43.0 Å². The monoisotopic (exact) mass is 403 g/mol. The Morgan fingerprint density at radius 3 is 2.29 bits per heavy atom. The van der Waals surface area contributed by atoms with Crippen LogP contribution in [0, 0.1) is 0 Å². The smallest absolute Gasteiger partial charge is 0.343 e. The van der Waals surface area contributed by atoms with E-state index in [0.717, 1.165) is 32.1 Å². The number of sulfonamides is 1. The first-order chi connectivity index (χ1) is 13.4. The van der Waals surface area contributed by atoms with Crippen molar-refractivity contribution < 1.29 is 22.7 Å². The average molecular weight is 404 g/mol. The zero-order valence-corrected chi connectivity index (χ0v) is 16.9. The summed E-state index contributed by atoms with van der Waals surface area (Å²) < 4.78 is 37.8. The van der Waals surface area contributed by atoms with Gasteiger partial charge in [0.25, 0.3) is 0 Å². The number of hydrogen-bond acceptors (Lipinski definition) is 5. The van der Waals surface area contributed by atoms with Gasteiger partial charge in [-0.2, -0.15) is 4.31 Å². The molecule has 0 N–H and O–H groups in total. The Morgan fingerprint density at radius 2 is 1.64 bits per heavy atom. The van der Waals surface area contributed by atoms with Crippen LogP contribution in [-0.2, 0) is 10.0 Å². The quantitative estimate of drug-likeness (QED) is 0.541. The van der Waals surface area contributed by atoms with Crippen LogP contribution in [0.1, 0.15) is 42.5 Å². The highest BCUT2D eigenvalue weighted by Gasteiger charge is 2.29. The molecule has 0 unspecified atom stereocenters. The first-order valence-electron chi connectivity index (χ1n) is 9.36. The number of methoxy groups -OCH3 is 1. The lowest BCUT2D eigenvalue weighted by molar-refractivity contribution is 0.0734. The Morgan fingerprint density at radius 1 is 1.00 bits per heavy atom. The zero-order chi connectivity index (χ0) is 20.1. The van der Waals surface area contributed by atoms with Gasteiger partial charge < -0.3 is 9.47 Å². The third kappa shape index (κ3) is 4.54. The first-order valence-corrected chi connectivity index (χ1v) is 10.8. The fourth-order valence-corrected chi connectivity index (χ4v) is 4.86. The van der Waals surface area contributed by atoms with Crippen LogP contribution in [0.2, 0.25) is 0 Å². The summed E-state index contributed by atoms with van der Waals surface area (Å²) in [6, 6.07) is 12.6. The topological polar surface area (TPSA) is 72.9 Å². The molecule has 3 rings (SSSR count). The molecule has 1 aliphatic carbocycles. The standard InChI is InChI=1S/C21H25NO5S/c1-22(17-8-4-3-5-9-17)28(24,25)20-10-6-7-16(15-20)21(23)27-19-13-11-18(26-2)12-14-19/h6-7,10-15,17H,3-5,8-9H2,1-2H3. The van der Waals surface area contributed by atoms with Gasteiger partial charge in [0.05, 0.1) is 17.6 Å². The van der Waals surface area contributed by atoms with Crippen molar-refractivity contribution in [1.82, 2.24) is 4.31 Å². The van der Waals surface area contributed by atoms with Crippen LogP contribution in [0.4, 0.5) is 0 Å². The minimum atomic E-state index is -3.67. The molecule has 0 saturated heterocycles. The number of hydrogen-bond donors (Lipinski definition) is 0. The molecule has 7 heteroatoms. The van der Waals surface area contributed by atoms with E-state index in [9.17, 15) is 13.2 Å². The number of esters is 1. The van der Waals surface area contributed by atoms with E-state index in [1.54, 1.807) is 50.6 Å². The van der Waals surface area contributed by atoms with Gasteiger partial charge in [0.1, 0.15) is 11.5 Å². The third-order valence-corrected chi connectivity index (χ3v) is 7.01. The fraction of sp³-hybridized carbons (Fsp3) is 0.381. The largest absolute Gasteiger partial charge is 0.497 e. The molecule has 2 aromatic rings. The number of carbonyl (C=O) groups is 1.